The zero-order chi connectivity index (χ0) is 14.7. The topological polar surface area (TPSA) is 80.9 Å². The second-order valence-corrected chi connectivity index (χ2v) is 7.25. The number of carbonyl (C=O) groups is 1. The summed E-state index contributed by atoms with van der Waals surface area (Å²) in [6.45, 7) is 7.67. The Morgan fingerprint density at radius 2 is 2.15 bits per heavy atom. The van der Waals surface area contributed by atoms with E-state index in [0.29, 0.717) is 11.6 Å². The van der Waals surface area contributed by atoms with E-state index in [1.165, 1.54) is 23.1 Å². The summed E-state index contributed by atoms with van der Waals surface area (Å²) in [4.78, 5) is 12.3. The van der Waals surface area contributed by atoms with Gasteiger partial charge in [0, 0.05) is 6.07 Å². The molecule has 1 amide bonds. The fourth-order valence-electron chi connectivity index (χ4n) is 1.55. The number of hydrogen-bond acceptors (Lipinski definition) is 7. The van der Waals surface area contributed by atoms with Crippen LogP contribution < -0.4 is 5.32 Å². The summed E-state index contributed by atoms with van der Waals surface area (Å²) in [7, 11) is 0. The minimum atomic E-state index is -0.251. The molecule has 2 rings (SSSR count). The van der Waals surface area contributed by atoms with Crippen LogP contribution in [0.2, 0.25) is 0 Å². The number of anilines is 1. The van der Waals surface area contributed by atoms with Gasteiger partial charge < -0.3 is 9.84 Å². The van der Waals surface area contributed by atoms with Crippen LogP contribution in [0.3, 0.4) is 0 Å². The van der Waals surface area contributed by atoms with Gasteiger partial charge in [0.05, 0.1) is 5.25 Å². The molecule has 8 heteroatoms. The highest BCUT2D eigenvalue weighted by Gasteiger charge is 2.25. The number of rotatable bonds is 5. The molecule has 20 heavy (non-hydrogen) atoms. The number of carbonyl (C=O) groups excluding carboxylic acids is 1. The number of aromatic nitrogens is 3. The van der Waals surface area contributed by atoms with Gasteiger partial charge in [0.25, 0.3) is 0 Å². The molecule has 0 aromatic carbocycles. The van der Waals surface area contributed by atoms with E-state index in [2.05, 4.69) is 20.7 Å². The van der Waals surface area contributed by atoms with Crippen molar-refractivity contribution in [1.29, 1.82) is 0 Å². The van der Waals surface area contributed by atoms with Crippen LogP contribution in [0.5, 0.6) is 0 Å². The number of aryl methyl sites for hydroxylation is 2. The Balaban J connectivity index is 2.06. The van der Waals surface area contributed by atoms with Crippen molar-refractivity contribution in [2.24, 2.45) is 5.92 Å². The lowest BCUT2D eigenvalue weighted by Gasteiger charge is -2.17. The van der Waals surface area contributed by atoms with Gasteiger partial charge >= 0.3 is 0 Å². The number of amides is 1. The number of thioether (sulfide) groups is 1. The minimum absolute atomic E-state index is 0.105. The summed E-state index contributed by atoms with van der Waals surface area (Å²) in [6, 6.07) is 1.69. The van der Waals surface area contributed by atoms with Crippen molar-refractivity contribution in [3.63, 3.8) is 0 Å². The Morgan fingerprint density at radius 1 is 1.40 bits per heavy atom. The lowest BCUT2D eigenvalue weighted by molar-refractivity contribution is -0.116. The van der Waals surface area contributed by atoms with Gasteiger partial charge in [-0.1, -0.05) is 42.1 Å². The van der Waals surface area contributed by atoms with E-state index in [1.54, 1.807) is 13.0 Å². The van der Waals surface area contributed by atoms with Crippen LogP contribution in [0, 0.1) is 19.8 Å². The normalized spacial score (nSPS) is 12.7. The van der Waals surface area contributed by atoms with Crippen molar-refractivity contribution in [2.45, 2.75) is 37.3 Å². The van der Waals surface area contributed by atoms with E-state index >= 15 is 0 Å². The Bertz CT molecular complexity index is 594. The Hall–Kier alpha value is -1.41. The fraction of sp³-hybridized carbons (Fsp3) is 0.500. The standard InChI is InChI=1S/C12H16N4O2S2/c1-6(2)10(20-12-15-14-8(4)19-12)11(17)13-9-5-7(3)18-16-9/h5-6,10H,1-4H3,(H,13,16,17)/t10-/m1/s1. The quantitative estimate of drug-likeness (QED) is 0.855. The molecule has 0 spiro atoms. The third-order valence-electron chi connectivity index (χ3n) is 2.48. The second-order valence-electron chi connectivity index (χ2n) is 4.68. The molecule has 0 aliphatic rings. The molecular formula is C12H16N4O2S2. The number of hydrogen-bond donors (Lipinski definition) is 1. The second kappa shape index (κ2) is 6.36. The zero-order valence-corrected chi connectivity index (χ0v) is 13.3. The first-order chi connectivity index (χ1) is 9.45. The van der Waals surface area contributed by atoms with Crippen LogP contribution in [-0.2, 0) is 4.79 Å². The summed E-state index contributed by atoms with van der Waals surface area (Å²) in [5.41, 5.74) is 0. The summed E-state index contributed by atoms with van der Waals surface area (Å²) in [5.74, 6) is 1.16. The highest BCUT2D eigenvalue weighted by Crippen LogP contribution is 2.31. The van der Waals surface area contributed by atoms with Gasteiger partial charge in [0.1, 0.15) is 10.8 Å². The van der Waals surface area contributed by atoms with Gasteiger partial charge in [0.15, 0.2) is 10.2 Å². The molecule has 0 radical (unpaired) electrons. The minimum Gasteiger partial charge on any atom is -0.360 e. The molecule has 1 atom stereocenters. The van der Waals surface area contributed by atoms with Gasteiger partial charge in [-0.2, -0.15) is 0 Å². The lowest BCUT2D eigenvalue weighted by Crippen LogP contribution is -2.29. The van der Waals surface area contributed by atoms with Crippen molar-refractivity contribution in [1.82, 2.24) is 15.4 Å². The molecule has 0 bridgehead atoms. The Morgan fingerprint density at radius 3 is 2.65 bits per heavy atom. The molecule has 0 fully saturated rings. The first-order valence-electron chi connectivity index (χ1n) is 6.16. The zero-order valence-electron chi connectivity index (χ0n) is 11.7. The van der Waals surface area contributed by atoms with Crippen molar-refractivity contribution in [2.75, 3.05) is 5.32 Å². The van der Waals surface area contributed by atoms with Crippen LogP contribution in [0.1, 0.15) is 24.6 Å². The van der Waals surface area contributed by atoms with Crippen molar-refractivity contribution >= 4 is 34.8 Å². The van der Waals surface area contributed by atoms with Crippen LogP contribution in [0.15, 0.2) is 14.9 Å². The van der Waals surface area contributed by atoms with E-state index in [1.807, 2.05) is 20.8 Å². The van der Waals surface area contributed by atoms with E-state index in [-0.39, 0.29) is 17.1 Å². The average Bonchev–Trinajstić information content (AvgIpc) is 2.95. The molecule has 0 unspecified atom stereocenters. The predicted molar refractivity (Wildman–Crippen MR) is 79.0 cm³/mol. The van der Waals surface area contributed by atoms with Crippen LogP contribution in [-0.4, -0.2) is 26.5 Å². The molecule has 2 heterocycles. The molecule has 108 valence electrons. The molecule has 0 aliphatic heterocycles. The maximum atomic E-state index is 12.3. The van der Waals surface area contributed by atoms with Gasteiger partial charge in [-0.3, -0.25) is 4.79 Å². The highest BCUT2D eigenvalue weighted by molar-refractivity contribution is 8.02. The maximum Gasteiger partial charge on any atom is 0.239 e. The fourth-order valence-corrected chi connectivity index (χ4v) is 3.57. The summed E-state index contributed by atoms with van der Waals surface area (Å²) < 4.78 is 5.73. The molecule has 0 saturated carbocycles. The first kappa shape index (κ1) is 15.0. The molecule has 2 aromatic heterocycles. The van der Waals surface area contributed by atoms with Gasteiger partial charge in [-0.15, -0.1) is 10.2 Å². The maximum absolute atomic E-state index is 12.3. The third kappa shape index (κ3) is 3.80. The predicted octanol–water partition coefficient (Wildman–Crippen LogP) is 2.90. The van der Waals surface area contributed by atoms with Crippen molar-refractivity contribution in [3.8, 4) is 0 Å². The van der Waals surface area contributed by atoms with Crippen molar-refractivity contribution in [3.05, 3.63) is 16.8 Å². The number of nitrogens with one attached hydrogen (secondary N) is 1. The van der Waals surface area contributed by atoms with Gasteiger partial charge in [0.2, 0.25) is 5.91 Å². The molecule has 1 N–H and O–H groups in total. The highest BCUT2D eigenvalue weighted by atomic mass is 32.2. The van der Waals surface area contributed by atoms with E-state index in [4.69, 9.17) is 4.52 Å². The van der Waals surface area contributed by atoms with Crippen molar-refractivity contribution < 1.29 is 9.32 Å². The Labute approximate surface area is 125 Å². The van der Waals surface area contributed by atoms with E-state index in [0.717, 1.165) is 9.35 Å². The van der Waals surface area contributed by atoms with Crippen LogP contribution in [0.25, 0.3) is 0 Å². The van der Waals surface area contributed by atoms with Gasteiger partial charge in [-0.05, 0) is 19.8 Å². The monoisotopic (exact) mass is 312 g/mol. The summed E-state index contributed by atoms with van der Waals surface area (Å²) >= 11 is 2.91. The summed E-state index contributed by atoms with van der Waals surface area (Å²) in [5, 5.41) is 15.2. The first-order valence-corrected chi connectivity index (χ1v) is 7.86. The van der Waals surface area contributed by atoms with E-state index in [9.17, 15) is 4.79 Å². The summed E-state index contributed by atoms with van der Waals surface area (Å²) in [6.07, 6.45) is 0. The Kier molecular flexibility index (Phi) is 4.77. The lowest BCUT2D eigenvalue weighted by atomic mass is 10.1. The third-order valence-corrected chi connectivity index (χ3v) is 4.95. The molecular weight excluding hydrogens is 296 g/mol. The molecule has 0 aliphatic carbocycles. The van der Waals surface area contributed by atoms with Crippen LogP contribution in [0.4, 0.5) is 5.82 Å². The average molecular weight is 312 g/mol. The smallest absolute Gasteiger partial charge is 0.239 e. The molecule has 2 aromatic rings. The molecule has 0 saturated heterocycles. The molecule has 6 nitrogen and oxygen atoms in total. The largest absolute Gasteiger partial charge is 0.360 e. The van der Waals surface area contributed by atoms with Gasteiger partial charge in [-0.25, -0.2) is 0 Å². The van der Waals surface area contributed by atoms with E-state index < -0.39 is 0 Å². The van der Waals surface area contributed by atoms with Crippen LogP contribution >= 0.6 is 23.1 Å². The SMILES string of the molecule is Cc1cc(NC(=O)[C@H](Sc2nnc(C)s2)C(C)C)no1. The number of nitrogens with zero attached hydrogens (tertiary/aromatic N) is 3.